The first-order valence-corrected chi connectivity index (χ1v) is 8.86. The molecule has 0 saturated heterocycles. The largest absolute Gasteiger partial charge is 0.348 e. The number of rotatable bonds is 6. The molecular weight excluding hydrogens is 340 g/mol. The number of hydrogen-bond acceptors (Lipinski definition) is 3. The molecule has 0 aliphatic carbocycles. The summed E-state index contributed by atoms with van der Waals surface area (Å²) in [4.78, 5) is 28.2. The summed E-state index contributed by atoms with van der Waals surface area (Å²) in [6.45, 7) is 3.07. The fourth-order valence-electron chi connectivity index (χ4n) is 2.69. The van der Waals surface area contributed by atoms with Gasteiger partial charge in [0.05, 0.1) is 0 Å². The summed E-state index contributed by atoms with van der Waals surface area (Å²) < 4.78 is 2.04. The van der Waals surface area contributed by atoms with Gasteiger partial charge in [-0.2, -0.15) is 0 Å². The third-order valence-corrected chi connectivity index (χ3v) is 4.12. The monoisotopic (exact) mass is 362 g/mol. The highest BCUT2D eigenvalue weighted by Crippen LogP contribution is 2.16. The second-order valence-corrected chi connectivity index (χ2v) is 6.24. The van der Waals surface area contributed by atoms with Crippen LogP contribution in [-0.4, -0.2) is 27.9 Å². The van der Waals surface area contributed by atoms with Gasteiger partial charge in [-0.25, -0.2) is 4.98 Å². The minimum atomic E-state index is -0.661. The van der Waals surface area contributed by atoms with Crippen molar-refractivity contribution in [3.8, 4) is 11.4 Å². The van der Waals surface area contributed by atoms with Gasteiger partial charge >= 0.3 is 11.8 Å². The number of hydrogen-bond donors (Lipinski definition) is 2. The van der Waals surface area contributed by atoms with E-state index in [0.717, 1.165) is 17.0 Å². The number of nitrogens with zero attached hydrogens (tertiary/aromatic N) is 2. The second-order valence-electron chi connectivity index (χ2n) is 6.24. The van der Waals surface area contributed by atoms with Crippen molar-refractivity contribution in [3.05, 3.63) is 72.6 Å². The highest BCUT2D eigenvalue weighted by molar-refractivity contribution is 6.39. The molecule has 0 bridgehead atoms. The third kappa shape index (κ3) is 5.04. The van der Waals surface area contributed by atoms with E-state index < -0.39 is 11.8 Å². The smallest absolute Gasteiger partial charge is 0.313 e. The molecule has 0 aliphatic rings. The first-order chi connectivity index (χ1) is 13.1. The molecule has 0 spiro atoms. The summed E-state index contributed by atoms with van der Waals surface area (Å²) >= 11 is 0. The van der Waals surface area contributed by atoms with Crippen molar-refractivity contribution in [2.24, 2.45) is 0 Å². The Morgan fingerprint density at radius 1 is 1.00 bits per heavy atom. The van der Waals surface area contributed by atoms with Gasteiger partial charge in [-0.05, 0) is 25.5 Å². The number of benzene rings is 2. The van der Waals surface area contributed by atoms with Crippen molar-refractivity contribution in [2.75, 3.05) is 11.9 Å². The van der Waals surface area contributed by atoms with Crippen LogP contribution in [0.2, 0.25) is 0 Å². The molecule has 2 N–H and O–H groups in total. The highest BCUT2D eigenvalue weighted by atomic mass is 16.2. The van der Waals surface area contributed by atoms with E-state index >= 15 is 0 Å². The topological polar surface area (TPSA) is 76.0 Å². The van der Waals surface area contributed by atoms with Gasteiger partial charge < -0.3 is 15.2 Å². The van der Waals surface area contributed by atoms with Gasteiger partial charge in [0.25, 0.3) is 0 Å². The zero-order valence-corrected chi connectivity index (χ0v) is 15.2. The quantitative estimate of drug-likeness (QED) is 0.523. The van der Waals surface area contributed by atoms with E-state index in [1.165, 1.54) is 0 Å². The molecule has 0 fully saturated rings. The molecule has 0 unspecified atom stereocenters. The van der Waals surface area contributed by atoms with Crippen LogP contribution in [0.15, 0.2) is 67.0 Å². The minimum absolute atomic E-state index is 0.409. The van der Waals surface area contributed by atoms with Crippen LogP contribution in [0.3, 0.4) is 0 Å². The number of aryl methyl sites for hydroxylation is 2. The predicted octanol–water partition coefficient (Wildman–Crippen LogP) is 3.00. The number of nitrogens with one attached hydrogen (secondary N) is 2. The number of amides is 2. The molecule has 2 aromatic carbocycles. The normalized spacial score (nSPS) is 10.4. The van der Waals surface area contributed by atoms with Crippen LogP contribution in [0.25, 0.3) is 11.4 Å². The number of carbonyl (C=O) groups excluding carboxylic acids is 2. The average molecular weight is 362 g/mol. The lowest BCUT2D eigenvalue weighted by molar-refractivity contribution is -0.136. The molecule has 27 heavy (non-hydrogen) atoms. The van der Waals surface area contributed by atoms with E-state index in [9.17, 15) is 9.59 Å². The fourth-order valence-corrected chi connectivity index (χ4v) is 2.69. The Hall–Kier alpha value is -3.41. The Bertz CT molecular complexity index is 901. The van der Waals surface area contributed by atoms with Crippen molar-refractivity contribution >= 4 is 17.5 Å². The SMILES string of the molecule is Cc1ccc(NC(=O)C(=O)NCCCn2ccnc2-c2ccccc2)cc1. The summed E-state index contributed by atoms with van der Waals surface area (Å²) in [6.07, 6.45) is 4.37. The predicted molar refractivity (Wildman–Crippen MR) is 105 cm³/mol. The van der Waals surface area contributed by atoms with E-state index in [0.29, 0.717) is 25.2 Å². The van der Waals surface area contributed by atoms with Gasteiger partial charge in [0.1, 0.15) is 5.82 Å². The van der Waals surface area contributed by atoms with Crippen LogP contribution in [0.4, 0.5) is 5.69 Å². The zero-order chi connectivity index (χ0) is 19.1. The number of aromatic nitrogens is 2. The summed E-state index contributed by atoms with van der Waals surface area (Å²) in [7, 11) is 0. The van der Waals surface area contributed by atoms with E-state index in [4.69, 9.17) is 0 Å². The first kappa shape index (κ1) is 18.4. The molecule has 1 aromatic heterocycles. The standard InChI is InChI=1S/C21H22N4O2/c1-16-8-10-18(11-9-16)24-21(27)20(26)23-12-5-14-25-15-13-22-19(25)17-6-3-2-4-7-17/h2-4,6-11,13,15H,5,12,14H2,1H3,(H,23,26)(H,24,27). The van der Waals surface area contributed by atoms with Crippen LogP contribution < -0.4 is 10.6 Å². The van der Waals surface area contributed by atoms with E-state index in [1.807, 2.05) is 60.2 Å². The zero-order valence-electron chi connectivity index (χ0n) is 15.2. The Kier molecular flexibility index (Phi) is 5.99. The molecule has 0 saturated carbocycles. The molecule has 3 rings (SSSR count). The lowest BCUT2D eigenvalue weighted by atomic mass is 10.2. The maximum absolute atomic E-state index is 11.9. The van der Waals surface area contributed by atoms with Gasteiger partial charge in [-0.3, -0.25) is 9.59 Å². The summed E-state index contributed by atoms with van der Waals surface area (Å²) in [5.41, 5.74) is 2.74. The van der Waals surface area contributed by atoms with Crippen LogP contribution in [-0.2, 0) is 16.1 Å². The fraction of sp³-hybridized carbons (Fsp3) is 0.190. The number of carbonyl (C=O) groups is 2. The molecule has 1 heterocycles. The van der Waals surface area contributed by atoms with Crippen LogP contribution >= 0.6 is 0 Å². The lowest BCUT2D eigenvalue weighted by Gasteiger charge is -2.09. The Balaban J connectivity index is 1.45. The molecule has 6 heteroatoms. The highest BCUT2D eigenvalue weighted by Gasteiger charge is 2.13. The molecule has 2 amide bonds. The maximum Gasteiger partial charge on any atom is 0.313 e. The summed E-state index contributed by atoms with van der Waals surface area (Å²) in [5.74, 6) is -0.407. The van der Waals surface area contributed by atoms with E-state index in [1.54, 1.807) is 18.3 Å². The van der Waals surface area contributed by atoms with Crippen molar-refractivity contribution in [1.29, 1.82) is 0 Å². The van der Waals surface area contributed by atoms with Crippen molar-refractivity contribution < 1.29 is 9.59 Å². The summed E-state index contributed by atoms with van der Waals surface area (Å²) in [5, 5.41) is 5.24. The average Bonchev–Trinajstić information content (AvgIpc) is 3.16. The molecular formula is C21H22N4O2. The van der Waals surface area contributed by atoms with Gasteiger partial charge in [0.15, 0.2) is 0 Å². The van der Waals surface area contributed by atoms with Crippen molar-refractivity contribution in [2.45, 2.75) is 19.9 Å². The van der Waals surface area contributed by atoms with E-state index in [2.05, 4.69) is 15.6 Å². The van der Waals surface area contributed by atoms with Crippen molar-refractivity contribution in [1.82, 2.24) is 14.9 Å². The minimum Gasteiger partial charge on any atom is -0.348 e. The first-order valence-electron chi connectivity index (χ1n) is 8.86. The number of imidazole rings is 1. The lowest BCUT2D eigenvalue weighted by Crippen LogP contribution is -2.36. The second kappa shape index (κ2) is 8.80. The Labute approximate surface area is 158 Å². The molecule has 0 aliphatic heterocycles. The molecule has 6 nitrogen and oxygen atoms in total. The van der Waals surface area contributed by atoms with Gasteiger partial charge in [0.2, 0.25) is 0 Å². The van der Waals surface area contributed by atoms with Crippen LogP contribution in [0, 0.1) is 6.92 Å². The Morgan fingerprint density at radius 3 is 2.48 bits per heavy atom. The molecule has 0 radical (unpaired) electrons. The third-order valence-electron chi connectivity index (χ3n) is 4.12. The summed E-state index contributed by atoms with van der Waals surface area (Å²) in [6, 6.07) is 17.2. The number of anilines is 1. The van der Waals surface area contributed by atoms with Gasteiger partial charge in [0, 0.05) is 36.7 Å². The Morgan fingerprint density at radius 2 is 1.74 bits per heavy atom. The van der Waals surface area contributed by atoms with Crippen molar-refractivity contribution in [3.63, 3.8) is 0 Å². The van der Waals surface area contributed by atoms with Gasteiger partial charge in [-0.15, -0.1) is 0 Å². The molecule has 138 valence electrons. The van der Waals surface area contributed by atoms with Crippen LogP contribution in [0.1, 0.15) is 12.0 Å². The maximum atomic E-state index is 11.9. The molecule has 0 atom stereocenters. The van der Waals surface area contributed by atoms with E-state index in [-0.39, 0.29) is 0 Å². The van der Waals surface area contributed by atoms with Crippen LogP contribution in [0.5, 0.6) is 0 Å². The van der Waals surface area contributed by atoms with Gasteiger partial charge in [-0.1, -0.05) is 48.0 Å². The molecule has 3 aromatic rings.